The number of likely N-dealkylation sites (tertiary alicyclic amines) is 1. The van der Waals surface area contributed by atoms with Crippen molar-refractivity contribution in [3.8, 4) is 0 Å². The molecule has 2 fully saturated rings. The second kappa shape index (κ2) is 13.2. The van der Waals surface area contributed by atoms with Crippen molar-refractivity contribution < 1.29 is 9.90 Å². The monoisotopic (exact) mass is 419 g/mol. The summed E-state index contributed by atoms with van der Waals surface area (Å²) >= 11 is 0. The lowest BCUT2D eigenvalue weighted by Gasteiger charge is -2.22. The Hall–Kier alpha value is -2.15. The first kappa shape index (κ1) is 25.9. The topological polar surface area (TPSA) is 94.1 Å². The van der Waals surface area contributed by atoms with Gasteiger partial charge in [-0.05, 0) is 36.7 Å². The van der Waals surface area contributed by atoms with Gasteiger partial charge in [-0.1, -0.05) is 48.0 Å². The Morgan fingerprint density at radius 1 is 1.17 bits per heavy atom. The van der Waals surface area contributed by atoms with Crippen molar-refractivity contribution in [2.24, 2.45) is 17.8 Å². The fourth-order valence-corrected chi connectivity index (χ4v) is 3.96. The minimum Gasteiger partial charge on any atom is -0.383 e. The summed E-state index contributed by atoms with van der Waals surface area (Å²) in [5.74, 6) is 2.26. The predicted octanol–water partition coefficient (Wildman–Crippen LogP) is 4.31. The Bertz CT molecular complexity index is 734. The van der Waals surface area contributed by atoms with Gasteiger partial charge in [0.2, 0.25) is 0 Å². The lowest BCUT2D eigenvalue weighted by molar-refractivity contribution is -0.141. The number of aromatic nitrogens is 3. The zero-order valence-electron chi connectivity index (χ0n) is 19.8. The maximum Gasteiger partial charge on any atom is 0.251 e. The molecule has 170 valence electrons. The number of hydrogen-bond acceptors (Lipinski definition) is 5. The molecule has 7 heteroatoms. The van der Waals surface area contributed by atoms with Crippen molar-refractivity contribution in [1.82, 2.24) is 19.9 Å². The molecule has 0 radical (unpaired) electrons. The van der Waals surface area contributed by atoms with Crippen LogP contribution in [-0.4, -0.2) is 57.1 Å². The van der Waals surface area contributed by atoms with E-state index in [0.29, 0.717) is 11.8 Å². The van der Waals surface area contributed by atoms with Gasteiger partial charge >= 0.3 is 0 Å². The van der Waals surface area contributed by atoms with Gasteiger partial charge in [0.15, 0.2) is 0 Å². The van der Waals surface area contributed by atoms with Gasteiger partial charge in [-0.2, -0.15) is 0 Å². The molecule has 2 aromatic heterocycles. The van der Waals surface area contributed by atoms with Crippen molar-refractivity contribution in [2.75, 3.05) is 25.5 Å². The summed E-state index contributed by atoms with van der Waals surface area (Å²) in [5, 5.41) is 13.7. The number of carbonyl (C=O) groups excluding carboxylic acids is 1. The van der Waals surface area contributed by atoms with Crippen LogP contribution >= 0.6 is 0 Å². The molecule has 1 amide bonds. The molecule has 1 aliphatic carbocycles. The summed E-state index contributed by atoms with van der Waals surface area (Å²) in [5.41, 5.74) is 0.865. The normalized spacial score (nSPS) is 20.2. The second-order valence-corrected chi connectivity index (χ2v) is 7.60. The Morgan fingerprint density at radius 2 is 1.77 bits per heavy atom. The van der Waals surface area contributed by atoms with Crippen LogP contribution in [-0.2, 0) is 4.79 Å². The number of aliphatic hydroxyl groups is 1. The van der Waals surface area contributed by atoms with Crippen LogP contribution < -0.4 is 5.32 Å². The molecule has 7 nitrogen and oxygen atoms in total. The number of carbonyl (C=O) groups is 1. The lowest BCUT2D eigenvalue weighted by Crippen LogP contribution is -2.40. The van der Waals surface area contributed by atoms with Crippen molar-refractivity contribution >= 4 is 22.8 Å². The van der Waals surface area contributed by atoms with Gasteiger partial charge in [-0.15, -0.1) is 0 Å². The third-order valence-corrected chi connectivity index (χ3v) is 5.51. The van der Waals surface area contributed by atoms with Gasteiger partial charge < -0.3 is 20.3 Å². The number of nitrogens with one attached hydrogen (secondary N) is 2. The maximum atomic E-state index is 11.9. The summed E-state index contributed by atoms with van der Waals surface area (Å²) in [6, 6.07) is 1.95. The Morgan fingerprint density at radius 3 is 2.30 bits per heavy atom. The molecule has 3 N–H and O–H groups in total. The average molecular weight is 420 g/mol. The second-order valence-electron chi connectivity index (χ2n) is 7.60. The van der Waals surface area contributed by atoms with Gasteiger partial charge in [-0.3, -0.25) is 4.79 Å². The third-order valence-electron chi connectivity index (χ3n) is 5.51. The van der Waals surface area contributed by atoms with Crippen LogP contribution in [0.2, 0.25) is 0 Å². The van der Waals surface area contributed by atoms with Gasteiger partial charge in [0.1, 0.15) is 23.9 Å². The molecule has 1 saturated carbocycles. The molecule has 1 saturated heterocycles. The standard InChI is InChI=1S/C12H21NO2.C7H8N4.2C2H6/c1-8(2)11(14)12(15)13-6-9-4-3-5-10(9)7-13;1-8-6-5-2-3-9-7(5)11-4-10-6;2*1-2/h8-11,14H,3-7H2,1-2H3;2-4H,1H3,(H2,8,9,10,11);2*1-2H3. The summed E-state index contributed by atoms with van der Waals surface area (Å²) in [4.78, 5) is 24.9. The zero-order chi connectivity index (χ0) is 22.7. The van der Waals surface area contributed by atoms with Gasteiger partial charge in [0.25, 0.3) is 5.91 Å². The summed E-state index contributed by atoms with van der Waals surface area (Å²) in [6.07, 6.45) is 6.44. The molecule has 3 atom stereocenters. The number of nitrogens with zero attached hydrogens (tertiary/aromatic N) is 3. The largest absolute Gasteiger partial charge is 0.383 e. The number of aliphatic hydroxyl groups excluding tert-OH is 1. The SMILES string of the molecule is CC.CC.CC(C)C(O)C(=O)N1CC2CCCC2C1.CNc1ncnc2[nH]ccc12. The Kier molecular flexibility index (Phi) is 11.4. The number of fused-ring (bicyclic) bond motifs is 2. The van der Waals surface area contributed by atoms with Gasteiger partial charge in [0, 0.05) is 26.3 Å². The van der Waals surface area contributed by atoms with E-state index in [4.69, 9.17) is 0 Å². The molecular weight excluding hydrogens is 378 g/mol. The average Bonchev–Trinajstić information content (AvgIpc) is 3.51. The van der Waals surface area contributed by atoms with Gasteiger partial charge in [0.05, 0.1) is 5.39 Å². The summed E-state index contributed by atoms with van der Waals surface area (Å²) in [7, 11) is 1.84. The van der Waals surface area contributed by atoms with Crippen molar-refractivity contribution in [2.45, 2.75) is 66.9 Å². The smallest absolute Gasteiger partial charge is 0.251 e. The molecule has 2 aromatic rings. The Labute approximate surface area is 181 Å². The fraction of sp³-hybridized carbons (Fsp3) is 0.696. The van der Waals surface area contributed by atoms with Crippen LogP contribution in [0.3, 0.4) is 0 Å². The zero-order valence-corrected chi connectivity index (χ0v) is 19.8. The molecule has 3 heterocycles. The van der Waals surface area contributed by atoms with Crippen LogP contribution in [0.25, 0.3) is 11.0 Å². The third kappa shape index (κ3) is 6.42. The highest BCUT2D eigenvalue weighted by Crippen LogP contribution is 2.38. The van der Waals surface area contributed by atoms with E-state index in [-0.39, 0.29) is 11.8 Å². The van der Waals surface area contributed by atoms with Crippen LogP contribution in [0.5, 0.6) is 0 Å². The minimum atomic E-state index is -0.802. The van der Waals surface area contributed by atoms with Crippen molar-refractivity contribution in [3.63, 3.8) is 0 Å². The van der Waals surface area contributed by atoms with Crippen LogP contribution in [0, 0.1) is 17.8 Å². The first-order valence-electron chi connectivity index (χ1n) is 11.4. The highest BCUT2D eigenvalue weighted by Gasteiger charge is 2.39. The highest BCUT2D eigenvalue weighted by molar-refractivity contribution is 5.86. The van der Waals surface area contributed by atoms with Gasteiger partial charge in [-0.25, -0.2) is 9.97 Å². The molecule has 2 aliphatic rings. The van der Waals surface area contributed by atoms with E-state index in [1.807, 2.05) is 65.8 Å². The van der Waals surface area contributed by atoms with Crippen LogP contribution in [0.1, 0.15) is 60.8 Å². The van der Waals surface area contributed by atoms with Crippen molar-refractivity contribution in [3.05, 3.63) is 18.6 Å². The molecule has 0 aromatic carbocycles. The van der Waals surface area contributed by atoms with E-state index in [1.54, 1.807) is 0 Å². The minimum absolute atomic E-state index is 0.0259. The summed E-state index contributed by atoms with van der Waals surface area (Å²) < 4.78 is 0. The molecule has 1 aliphatic heterocycles. The maximum absolute atomic E-state index is 11.9. The molecule has 0 spiro atoms. The first-order valence-corrected chi connectivity index (χ1v) is 11.4. The number of H-pyrrole nitrogens is 1. The predicted molar refractivity (Wildman–Crippen MR) is 124 cm³/mol. The van der Waals surface area contributed by atoms with Crippen LogP contribution in [0.15, 0.2) is 18.6 Å². The Balaban J connectivity index is 0.000000265. The highest BCUT2D eigenvalue weighted by atomic mass is 16.3. The molecule has 0 bridgehead atoms. The quantitative estimate of drug-likeness (QED) is 0.689. The van der Waals surface area contributed by atoms with Crippen molar-refractivity contribution in [1.29, 1.82) is 0 Å². The number of aromatic amines is 1. The molecule has 4 rings (SSSR count). The van der Waals surface area contributed by atoms with E-state index in [9.17, 15) is 9.90 Å². The number of anilines is 1. The molecule has 3 unspecified atom stereocenters. The lowest BCUT2D eigenvalue weighted by atomic mass is 10.0. The number of amides is 1. The fourth-order valence-electron chi connectivity index (χ4n) is 3.96. The van der Waals surface area contributed by atoms with E-state index in [1.165, 1.54) is 25.6 Å². The summed E-state index contributed by atoms with van der Waals surface area (Å²) in [6.45, 7) is 13.5. The number of rotatable bonds is 3. The number of hydrogen-bond donors (Lipinski definition) is 3. The van der Waals surface area contributed by atoms with E-state index >= 15 is 0 Å². The first-order chi connectivity index (χ1) is 14.5. The van der Waals surface area contributed by atoms with Crippen LogP contribution in [0.4, 0.5) is 5.82 Å². The van der Waals surface area contributed by atoms with E-state index in [0.717, 1.165) is 29.9 Å². The van der Waals surface area contributed by atoms with E-state index in [2.05, 4.69) is 20.3 Å². The molecular formula is C23H41N5O2. The van der Waals surface area contributed by atoms with E-state index < -0.39 is 6.10 Å². The molecule has 30 heavy (non-hydrogen) atoms.